The molecule has 18 heavy (non-hydrogen) atoms. The average molecular weight is 253 g/mol. The first-order chi connectivity index (χ1) is 8.41. The van der Waals surface area contributed by atoms with E-state index in [9.17, 15) is 9.18 Å². The van der Waals surface area contributed by atoms with Crippen molar-refractivity contribution in [3.05, 3.63) is 29.6 Å². The van der Waals surface area contributed by atoms with Crippen molar-refractivity contribution in [3.8, 4) is 0 Å². The number of carbonyl (C=O) groups excluding carboxylic acids is 1. The molecular weight excluding hydrogens is 233 g/mol. The second-order valence-corrected chi connectivity index (χ2v) is 4.48. The Kier molecular flexibility index (Phi) is 4.67. The summed E-state index contributed by atoms with van der Waals surface area (Å²) in [7, 11) is 0. The minimum atomic E-state index is -0.643. The number of amides is 1. The third-order valence-corrected chi connectivity index (χ3v) is 3.29. The summed E-state index contributed by atoms with van der Waals surface area (Å²) < 4.78 is 13.7. The molecule has 0 radical (unpaired) electrons. The fraction of sp³-hybridized carbons (Fsp3) is 0.462. The van der Waals surface area contributed by atoms with Crippen molar-refractivity contribution in [2.75, 3.05) is 11.9 Å². The fourth-order valence-electron chi connectivity index (χ4n) is 1.58. The predicted molar refractivity (Wildman–Crippen MR) is 70.9 cm³/mol. The summed E-state index contributed by atoms with van der Waals surface area (Å²) in [6.07, 6.45) is 1.61. The summed E-state index contributed by atoms with van der Waals surface area (Å²) in [5.74, 6) is -1.14. The molecule has 100 valence electrons. The van der Waals surface area contributed by atoms with Crippen LogP contribution in [-0.2, 0) is 0 Å². The van der Waals surface area contributed by atoms with Crippen LogP contribution in [0.5, 0.6) is 0 Å². The largest absolute Gasteiger partial charge is 0.381 e. The highest BCUT2D eigenvalue weighted by Gasteiger charge is 2.20. The zero-order chi connectivity index (χ0) is 13.8. The third kappa shape index (κ3) is 3.43. The van der Waals surface area contributed by atoms with Gasteiger partial charge in [0.2, 0.25) is 5.91 Å². The zero-order valence-electron chi connectivity index (χ0n) is 10.8. The van der Waals surface area contributed by atoms with Crippen LogP contribution in [0.3, 0.4) is 0 Å². The van der Waals surface area contributed by atoms with Gasteiger partial charge in [-0.3, -0.25) is 4.79 Å². The van der Waals surface area contributed by atoms with Crippen LogP contribution in [0.15, 0.2) is 18.2 Å². The molecule has 0 aromatic heterocycles. The summed E-state index contributed by atoms with van der Waals surface area (Å²) in [6.45, 7) is 4.47. The van der Waals surface area contributed by atoms with Crippen molar-refractivity contribution < 1.29 is 9.18 Å². The van der Waals surface area contributed by atoms with E-state index in [4.69, 9.17) is 11.5 Å². The van der Waals surface area contributed by atoms with E-state index in [1.54, 1.807) is 0 Å². The molecule has 0 unspecified atom stereocenters. The highest BCUT2D eigenvalue weighted by atomic mass is 19.1. The lowest BCUT2D eigenvalue weighted by Gasteiger charge is -2.27. The molecule has 0 heterocycles. The molecule has 5 heteroatoms. The topological polar surface area (TPSA) is 81.1 Å². The zero-order valence-corrected chi connectivity index (χ0v) is 10.8. The number of hydrogen-bond donors (Lipinski definition) is 3. The van der Waals surface area contributed by atoms with Crippen LogP contribution in [0, 0.1) is 5.82 Å². The molecule has 0 atom stereocenters. The van der Waals surface area contributed by atoms with Crippen molar-refractivity contribution in [1.82, 2.24) is 0 Å². The van der Waals surface area contributed by atoms with Gasteiger partial charge in [-0.2, -0.15) is 0 Å². The number of anilines is 1. The number of hydrogen-bond acceptors (Lipinski definition) is 3. The first-order valence-corrected chi connectivity index (χ1v) is 6.04. The number of carbonyl (C=O) groups is 1. The van der Waals surface area contributed by atoms with Gasteiger partial charge in [-0.25, -0.2) is 4.39 Å². The van der Waals surface area contributed by atoms with Gasteiger partial charge < -0.3 is 16.8 Å². The maximum atomic E-state index is 13.7. The lowest BCUT2D eigenvalue weighted by atomic mass is 9.94. The van der Waals surface area contributed by atoms with Gasteiger partial charge in [0.25, 0.3) is 0 Å². The molecule has 1 aromatic rings. The summed E-state index contributed by atoms with van der Waals surface area (Å²) >= 11 is 0. The number of primary amides is 1. The Morgan fingerprint density at radius 3 is 2.44 bits per heavy atom. The second kappa shape index (κ2) is 5.82. The Morgan fingerprint density at radius 1 is 1.39 bits per heavy atom. The van der Waals surface area contributed by atoms with Crippen LogP contribution in [0.25, 0.3) is 0 Å². The van der Waals surface area contributed by atoms with Crippen LogP contribution >= 0.6 is 0 Å². The van der Waals surface area contributed by atoms with E-state index in [2.05, 4.69) is 5.32 Å². The Balaban J connectivity index is 2.77. The molecule has 0 saturated heterocycles. The number of halogens is 1. The standard InChI is InChI=1S/C13H20FN3O/c1-3-13(16,4-2)8-17-11-6-5-9(12(15)18)7-10(11)14/h5-7,17H,3-4,8,16H2,1-2H3,(H2,15,18). The number of nitrogens with two attached hydrogens (primary N) is 2. The first-order valence-electron chi connectivity index (χ1n) is 6.04. The van der Waals surface area contributed by atoms with E-state index in [1.807, 2.05) is 13.8 Å². The van der Waals surface area contributed by atoms with E-state index < -0.39 is 11.7 Å². The molecule has 0 saturated carbocycles. The van der Waals surface area contributed by atoms with E-state index in [-0.39, 0.29) is 11.1 Å². The lowest BCUT2D eigenvalue weighted by Crippen LogP contribution is -2.45. The van der Waals surface area contributed by atoms with Crippen LogP contribution in [0.1, 0.15) is 37.0 Å². The minimum absolute atomic E-state index is 0.156. The van der Waals surface area contributed by atoms with Crippen LogP contribution in [-0.4, -0.2) is 18.0 Å². The van der Waals surface area contributed by atoms with Crippen LogP contribution in [0.4, 0.5) is 10.1 Å². The van der Waals surface area contributed by atoms with Crippen molar-refractivity contribution >= 4 is 11.6 Å². The Morgan fingerprint density at radius 2 is 2.00 bits per heavy atom. The van der Waals surface area contributed by atoms with E-state index in [1.165, 1.54) is 12.1 Å². The molecule has 0 aliphatic carbocycles. The summed E-state index contributed by atoms with van der Waals surface area (Å²) in [5, 5.41) is 2.97. The van der Waals surface area contributed by atoms with Gasteiger partial charge >= 0.3 is 0 Å². The molecule has 1 amide bonds. The van der Waals surface area contributed by atoms with E-state index in [0.29, 0.717) is 12.2 Å². The summed E-state index contributed by atoms with van der Waals surface area (Å²) in [4.78, 5) is 10.9. The van der Waals surface area contributed by atoms with Crippen molar-refractivity contribution in [2.45, 2.75) is 32.2 Å². The maximum Gasteiger partial charge on any atom is 0.248 e. The normalized spacial score (nSPS) is 11.3. The molecule has 0 aliphatic heterocycles. The highest BCUT2D eigenvalue weighted by Crippen LogP contribution is 2.18. The molecule has 0 fully saturated rings. The van der Waals surface area contributed by atoms with E-state index in [0.717, 1.165) is 18.9 Å². The molecule has 1 rings (SSSR count). The minimum Gasteiger partial charge on any atom is -0.381 e. The van der Waals surface area contributed by atoms with Gasteiger partial charge in [-0.15, -0.1) is 0 Å². The molecule has 1 aromatic carbocycles. The molecule has 0 spiro atoms. The number of nitrogens with one attached hydrogen (secondary N) is 1. The Bertz CT molecular complexity index is 430. The Hall–Kier alpha value is -1.62. The lowest BCUT2D eigenvalue weighted by molar-refractivity contribution is 0.1000. The van der Waals surface area contributed by atoms with Gasteiger partial charge in [-0.1, -0.05) is 13.8 Å². The quantitative estimate of drug-likeness (QED) is 0.723. The predicted octanol–water partition coefficient (Wildman–Crippen LogP) is 1.85. The SMILES string of the molecule is CCC(N)(CC)CNc1ccc(C(N)=O)cc1F. The van der Waals surface area contributed by atoms with Gasteiger partial charge in [0.05, 0.1) is 5.69 Å². The molecule has 5 N–H and O–H groups in total. The molecule has 0 bridgehead atoms. The average Bonchev–Trinajstić information content (AvgIpc) is 2.36. The summed E-state index contributed by atoms with van der Waals surface area (Å²) in [6, 6.07) is 4.12. The van der Waals surface area contributed by atoms with Gasteiger partial charge in [-0.05, 0) is 31.0 Å². The number of benzene rings is 1. The van der Waals surface area contributed by atoms with Crippen LogP contribution < -0.4 is 16.8 Å². The Labute approximate surface area is 107 Å². The summed E-state index contributed by atoms with van der Waals surface area (Å²) in [5.41, 5.74) is 11.3. The molecular formula is C13H20FN3O. The first kappa shape index (κ1) is 14.4. The third-order valence-electron chi connectivity index (χ3n) is 3.29. The number of rotatable bonds is 6. The second-order valence-electron chi connectivity index (χ2n) is 4.48. The molecule has 4 nitrogen and oxygen atoms in total. The highest BCUT2D eigenvalue weighted by molar-refractivity contribution is 5.93. The molecule has 0 aliphatic rings. The van der Waals surface area contributed by atoms with Gasteiger partial charge in [0, 0.05) is 17.6 Å². The maximum absolute atomic E-state index is 13.7. The van der Waals surface area contributed by atoms with Crippen molar-refractivity contribution in [2.24, 2.45) is 11.5 Å². The monoisotopic (exact) mass is 253 g/mol. The van der Waals surface area contributed by atoms with Crippen molar-refractivity contribution in [1.29, 1.82) is 0 Å². The van der Waals surface area contributed by atoms with E-state index >= 15 is 0 Å². The van der Waals surface area contributed by atoms with Crippen LogP contribution in [0.2, 0.25) is 0 Å². The van der Waals surface area contributed by atoms with Crippen molar-refractivity contribution in [3.63, 3.8) is 0 Å². The smallest absolute Gasteiger partial charge is 0.248 e. The fourth-order valence-corrected chi connectivity index (χ4v) is 1.58. The van der Waals surface area contributed by atoms with Gasteiger partial charge in [0.1, 0.15) is 5.82 Å². The van der Waals surface area contributed by atoms with Gasteiger partial charge in [0.15, 0.2) is 0 Å².